The molecule has 0 N–H and O–H groups in total. The summed E-state index contributed by atoms with van der Waals surface area (Å²) >= 11 is -0.826. The molecule has 2 aromatic carbocycles. The fourth-order valence-electron chi connectivity index (χ4n) is 3.19. The molecule has 0 amide bonds. The van der Waals surface area contributed by atoms with Gasteiger partial charge in [0.1, 0.15) is 0 Å². The standard InChI is InChI=1S/C23H28.2ClH.Zr/c1-22(2,3)18-13-17(14-19(15-18)23(4,5)6)21-12-8-10-16-9-7-11-20(16)21;;;/h7-8,10-15H,9H2,1-6H3;2*1H;/q;;;+2/p-2. The van der Waals surface area contributed by atoms with Crippen molar-refractivity contribution in [1.29, 1.82) is 0 Å². The minimum absolute atomic E-state index is 0.157. The zero-order chi connectivity index (χ0) is 19.5. The number of hydrogen-bond acceptors (Lipinski definition) is 0. The van der Waals surface area contributed by atoms with E-state index in [1.54, 1.807) is 0 Å². The molecule has 0 atom stereocenters. The van der Waals surface area contributed by atoms with Crippen LogP contribution in [0.4, 0.5) is 0 Å². The van der Waals surface area contributed by atoms with Gasteiger partial charge in [0.25, 0.3) is 0 Å². The van der Waals surface area contributed by atoms with Crippen molar-refractivity contribution in [2.75, 3.05) is 0 Å². The van der Waals surface area contributed by atoms with Crippen molar-refractivity contribution in [3.8, 4) is 11.1 Å². The molecule has 3 heteroatoms. The van der Waals surface area contributed by atoms with Gasteiger partial charge < -0.3 is 0 Å². The maximum absolute atomic E-state index is 4.93. The van der Waals surface area contributed by atoms with Crippen LogP contribution in [0.25, 0.3) is 17.2 Å². The first-order valence-electron chi connectivity index (χ1n) is 8.99. The molecule has 26 heavy (non-hydrogen) atoms. The molecule has 1 aliphatic rings. The maximum atomic E-state index is 4.93. The molecule has 0 saturated carbocycles. The van der Waals surface area contributed by atoms with Gasteiger partial charge in [-0.3, -0.25) is 0 Å². The van der Waals surface area contributed by atoms with Crippen LogP contribution < -0.4 is 0 Å². The molecule has 0 unspecified atom stereocenters. The summed E-state index contributed by atoms with van der Waals surface area (Å²) in [5.74, 6) is 0. The quantitative estimate of drug-likeness (QED) is 0.401. The number of hydrogen-bond donors (Lipinski definition) is 0. The Hall–Kier alpha value is -0.357. The Morgan fingerprint density at radius 2 is 1.38 bits per heavy atom. The monoisotopic (exact) mass is 464 g/mol. The van der Waals surface area contributed by atoms with Crippen molar-refractivity contribution < 1.29 is 20.8 Å². The first-order chi connectivity index (χ1) is 12.1. The van der Waals surface area contributed by atoms with E-state index < -0.39 is 20.8 Å². The van der Waals surface area contributed by atoms with Crippen LogP contribution in [0.15, 0.2) is 42.5 Å². The summed E-state index contributed by atoms with van der Waals surface area (Å²) < 4.78 is 0. The van der Waals surface area contributed by atoms with Gasteiger partial charge in [-0.05, 0) is 50.6 Å². The van der Waals surface area contributed by atoms with E-state index in [4.69, 9.17) is 17.0 Å². The predicted molar refractivity (Wildman–Crippen MR) is 114 cm³/mol. The molecule has 0 aromatic heterocycles. The van der Waals surface area contributed by atoms with E-state index in [-0.39, 0.29) is 10.8 Å². The van der Waals surface area contributed by atoms with Gasteiger partial charge in [0.15, 0.2) is 0 Å². The summed E-state index contributed by atoms with van der Waals surface area (Å²) in [7, 11) is 9.87. The van der Waals surface area contributed by atoms with Gasteiger partial charge in [-0.1, -0.05) is 90.1 Å². The molecule has 3 rings (SSSR count). The van der Waals surface area contributed by atoms with E-state index in [9.17, 15) is 0 Å². The zero-order valence-corrected chi connectivity index (χ0v) is 20.6. The Bertz CT molecular complexity index is 761. The number of halogens is 2. The van der Waals surface area contributed by atoms with E-state index in [1.807, 2.05) is 0 Å². The van der Waals surface area contributed by atoms with Crippen molar-refractivity contribution in [2.45, 2.75) is 58.8 Å². The first-order valence-corrected chi connectivity index (χ1v) is 15.3. The van der Waals surface area contributed by atoms with Crippen molar-refractivity contribution in [1.82, 2.24) is 0 Å². The molecule has 0 radical (unpaired) electrons. The SMILES string of the molecule is CC(C)(C)c1cc(-c2cccc3c2C=CC3)cc(C(C)(C)C)c1.[Cl][Zr][Cl]. The normalized spacial score (nSPS) is 13.1. The van der Waals surface area contributed by atoms with Gasteiger partial charge in [-0.2, -0.15) is 0 Å². The van der Waals surface area contributed by atoms with Crippen LogP contribution in [0.1, 0.15) is 63.8 Å². The molecule has 138 valence electrons. The van der Waals surface area contributed by atoms with E-state index >= 15 is 0 Å². The molecule has 0 nitrogen and oxygen atoms in total. The van der Waals surface area contributed by atoms with Gasteiger partial charge in [0.05, 0.1) is 0 Å². The third-order valence-electron chi connectivity index (χ3n) is 4.79. The van der Waals surface area contributed by atoms with Gasteiger partial charge >= 0.3 is 37.9 Å². The second kappa shape index (κ2) is 8.77. The van der Waals surface area contributed by atoms with E-state index in [0.717, 1.165) is 6.42 Å². The van der Waals surface area contributed by atoms with Gasteiger partial charge in [-0.25, -0.2) is 0 Å². The van der Waals surface area contributed by atoms with Crippen molar-refractivity contribution in [2.24, 2.45) is 0 Å². The molecule has 1 aliphatic carbocycles. The molecular formula is C23H28Cl2Zr. The summed E-state index contributed by atoms with van der Waals surface area (Å²) in [6.45, 7) is 13.8. The molecular weight excluding hydrogens is 438 g/mol. The van der Waals surface area contributed by atoms with Gasteiger partial charge in [0, 0.05) is 0 Å². The molecule has 2 aromatic rings. The van der Waals surface area contributed by atoms with E-state index in [1.165, 1.54) is 33.4 Å². The Labute approximate surface area is 177 Å². The average Bonchev–Trinajstić information content (AvgIpc) is 3.02. The third-order valence-corrected chi connectivity index (χ3v) is 4.79. The topological polar surface area (TPSA) is 0 Å². The molecule has 0 aliphatic heterocycles. The number of rotatable bonds is 1. The summed E-state index contributed by atoms with van der Waals surface area (Å²) in [5, 5.41) is 0. The Kier molecular flexibility index (Phi) is 7.40. The minimum atomic E-state index is -0.826. The summed E-state index contributed by atoms with van der Waals surface area (Å²) in [6.07, 6.45) is 5.62. The predicted octanol–water partition coefficient (Wildman–Crippen LogP) is 7.89. The Balaban J connectivity index is 0.000000758. The van der Waals surface area contributed by atoms with Crippen LogP contribution in [-0.4, -0.2) is 0 Å². The summed E-state index contributed by atoms with van der Waals surface area (Å²) in [6, 6.07) is 13.9. The molecule has 0 fully saturated rings. The van der Waals surface area contributed by atoms with Crippen molar-refractivity contribution >= 4 is 23.1 Å². The van der Waals surface area contributed by atoms with Crippen LogP contribution in [0.2, 0.25) is 0 Å². The zero-order valence-electron chi connectivity index (χ0n) is 16.6. The average molecular weight is 467 g/mol. The third kappa shape index (κ3) is 5.34. The summed E-state index contributed by atoms with van der Waals surface area (Å²) in [5.41, 5.74) is 8.71. The van der Waals surface area contributed by atoms with Crippen LogP contribution in [0, 0.1) is 0 Å². The van der Waals surface area contributed by atoms with Gasteiger partial charge in [0.2, 0.25) is 0 Å². The van der Waals surface area contributed by atoms with Crippen molar-refractivity contribution in [3.05, 3.63) is 64.7 Å². The number of allylic oxidation sites excluding steroid dienone is 1. The fraction of sp³-hybridized carbons (Fsp3) is 0.391. The Morgan fingerprint density at radius 3 is 1.88 bits per heavy atom. The number of fused-ring (bicyclic) bond motifs is 1. The Morgan fingerprint density at radius 1 is 0.846 bits per heavy atom. The first kappa shape index (κ1) is 21.9. The van der Waals surface area contributed by atoms with Crippen LogP contribution in [0.5, 0.6) is 0 Å². The summed E-state index contributed by atoms with van der Waals surface area (Å²) in [4.78, 5) is 0. The molecule has 0 heterocycles. The fourth-order valence-corrected chi connectivity index (χ4v) is 3.19. The van der Waals surface area contributed by atoms with E-state index in [0.29, 0.717) is 0 Å². The second-order valence-corrected chi connectivity index (χ2v) is 12.6. The van der Waals surface area contributed by atoms with Crippen molar-refractivity contribution in [3.63, 3.8) is 0 Å². The van der Waals surface area contributed by atoms with Crippen LogP contribution in [-0.2, 0) is 38.1 Å². The van der Waals surface area contributed by atoms with Crippen LogP contribution in [0.3, 0.4) is 0 Å². The second-order valence-electron chi connectivity index (χ2n) is 8.86. The van der Waals surface area contributed by atoms with Crippen LogP contribution >= 0.6 is 17.0 Å². The molecule has 0 bridgehead atoms. The molecule has 0 saturated heterocycles. The van der Waals surface area contributed by atoms with Gasteiger partial charge in [-0.15, -0.1) is 0 Å². The molecule has 0 spiro atoms. The van der Waals surface area contributed by atoms with E-state index in [2.05, 4.69) is 90.1 Å². The number of benzene rings is 2.